The van der Waals surface area contributed by atoms with Crippen LogP contribution in [0.2, 0.25) is 0 Å². The Labute approximate surface area is 85.8 Å². The van der Waals surface area contributed by atoms with Crippen molar-refractivity contribution in [3.05, 3.63) is 11.6 Å². The molecule has 1 fully saturated rings. The number of ketones is 1. The number of hydrogen-bond donors (Lipinski definition) is 1. The molecule has 0 unspecified atom stereocenters. The molecule has 1 N–H and O–H groups in total. The van der Waals surface area contributed by atoms with Gasteiger partial charge in [0.05, 0.1) is 0 Å². The number of hydrogen-bond acceptors (Lipinski definition) is 2. The zero-order valence-electron chi connectivity index (χ0n) is 8.72. The van der Waals surface area contributed by atoms with Crippen LogP contribution in [0.1, 0.15) is 38.5 Å². The van der Waals surface area contributed by atoms with Crippen molar-refractivity contribution in [3.8, 4) is 0 Å². The van der Waals surface area contributed by atoms with Crippen LogP contribution in [-0.2, 0) is 4.79 Å². The van der Waals surface area contributed by atoms with E-state index in [0.717, 1.165) is 31.5 Å². The van der Waals surface area contributed by atoms with Gasteiger partial charge in [0.2, 0.25) is 0 Å². The van der Waals surface area contributed by atoms with Gasteiger partial charge in [0.1, 0.15) is 0 Å². The molecule has 0 saturated carbocycles. The van der Waals surface area contributed by atoms with Crippen LogP contribution >= 0.6 is 0 Å². The first-order valence-corrected chi connectivity index (χ1v) is 5.82. The third-order valence-corrected chi connectivity index (χ3v) is 3.26. The fourth-order valence-corrected chi connectivity index (χ4v) is 2.15. The summed E-state index contributed by atoms with van der Waals surface area (Å²) in [6, 6.07) is 0. The summed E-state index contributed by atoms with van der Waals surface area (Å²) in [5.41, 5.74) is 1.12. The lowest BCUT2D eigenvalue weighted by atomic mass is 9.88. The maximum absolute atomic E-state index is 11.9. The summed E-state index contributed by atoms with van der Waals surface area (Å²) < 4.78 is 0. The molecule has 0 amide bonds. The molecule has 0 bridgehead atoms. The summed E-state index contributed by atoms with van der Waals surface area (Å²) in [5, 5.41) is 3.16. The zero-order chi connectivity index (χ0) is 9.80. The lowest BCUT2D eigenvalue weighted by Crippen LogP contribution is -2.47. The maximum atomic E-state index is 11.9. The summed E-state index contributed by atoms with van der Waals surface area (Å²) in [4.78, 5) is 11.9. The lowest BCUT2D eigenvalue weighted by Gasteiger charge is -2.27. The van der Waals surface area contributed by atoms with Gasteiger partial charge in [0, 0.05) is 19.0 Å². The van der Waals surface area contributed by atoms with Gasteiger partial charge < -0.3 is 5.32 Å². The number of rotatable bonds is 2. The standard InChI is InChI=1S/C12H19NO/c14-12(11-8-13-9-11)10-6-4-2-1-3-5-7-10/h6,11,13H,1-5,7-9H2. The van der Waals surface area contributed by atoms with Gasteiger partial charge in [0.25, 0.3) is 0 Å². The molecule has 0 aromatic rings. The van der Waals surface area contributed by atoms with Crippen LogP contribution in [0.3, 0.4) is 0 Å². The highest BCUT2D eigenvalue weighted by atomic mass is 16.1. The molecule has 0 atom stereocenters. The van der Waals surface area contributed by atoms with E-state index in [0.29, 0.717) is 11.7 Å². The number of carbonyl (C=O) groups is 1. The van der Waals surface area contributed by atoms with E-state index in [4.69, 9.17) is 0 Å². The molecule has 14 heavy (non-hydrogen) atoms. The monoisotopic (exact) mass is 193 g/mol. The van der Waals surface area contributed by atoms with Crippen molar-refractivity contribution < 1.29 is 4.79 Å². The smallest absolute Gasteiger partial charge is 0.164 e. The van der Waals surface area contributed by atoms with Gasteiger partial charge in [-0.15, -0.1) is 0 Å². The molecule has 1 aliphatic carbocycles. The number of allylic oxidation sites excluding steroid dienone is 2. The molecule has 0 aromatic heterocycles. The molecule has 1 heterocycles. The van der Waals surface area contributed by atoms with Crippen molar-refractivity contribution in [2.75, 3.05) is 13.1 Å². The predicted octanol–water partition coefficient (Wildman–Crippen LogP) is 2.06. The van der Waals surface area contributed by atoms with Crippen LogP contribution in [0, 0.1) is 5.92 Å². The first-order chi connectivity index (χ1) is 6.88. The van der Waals surface area contributed by atoms with Gasteiger partial charge in [0.15, 0.2) is 5.78 Å². The van der Waals surface area contributed by atoms with Gasteiger partial charge in [-0.2, -0.15) is 0 Å². The van der Waals surface area contributed by atoms with Crippen molar-refractivity contribution in [2.24, 2.45) is 5.92 Å². The van der Waals surface area contributed by atoms with Crippen LogP contribution in [0.5, 0.6) is 0 Å². The molecule has 2 aliphatic rings. The van der Waals surface area contributed by atoms with Crippen LogP contribution in [0.25, 0.3) is 0 Å². The summed E-state index contributed by atoms with van der Waals surface area (Å²) >= 11 is 0. The van der Waals surface area contributed by atoms with Gasteiger partial charge in [-0.05, 0) is 31.3 Å². The molecule has 0 aromatic carbocycles. The molecular weight excluding hydrogens is 174 g/mol. The average molecular weight is 193 g/mol. The van der Waals surface area contributed by atoms with E-state index in [9.17, 15) is 4.79 Å². The van der Waals surface area contributed by atoms with Crippen molar-refractivity contribution in [1.29, 1.82) is 0 Å². The van der Waals surface area contributed by atoms with E-state index in [1.807, 2.05) is 0 Å². The Kier molecular flexibility index (Phi) is 3.35. The normalized spacial score (nSPS) is 24.4. The first-order valence-electron chi connectivity index (χ1n) is 5.82. The largest absolute Gasteiger partial charge is 0.315 e. The molecule has 78 valence electrons. The molecule has 1 saturated heterocycles. The Hall–Kier alpha value is -0.630. The zero-order valence-corrected chi connectivity index (χ0v) is 8.72. The van der Waals surface area contributed by atoms with Crippen molar-refractivity contribution in [1.82, 2.24) is 5.32 Å². The van der Waals surface area contributed by atoms with Crippen molar-refractivity contribution in [2.45, 2.75) is 38.5 Å². The van der Waals surface area contributed by atoms with E-state index in [1.54, 1.807) is 0 Å². The molecule has 1 aliphatic heterocycles. The fourth-order valence-electron chi connectivity index (χ4n) is 2.15. The predicted molar refractivity (Wildman–Crippen MR) is 57.2 cm³/mol. The summed E-state index contributed by atoms with van der Waals surface area (Å²) in [5.74, 6) is 0.714. The average Bonchev–Trinajstić information content (AvgIpc) is 1.99. The molecule has 2 nitrogen and oxygen atoms in total. The molecule has 0 radical (unpaired) electrons. The van der Waals surface area contributed by atoms with Gasteiger partial charge in [-0.1, -0.05) is 18.9 Å². The van der Waals surface area contributed by atoms with Gasteiger partial charge >= 0.3 is 0 Å². The van der Waals surface area contributed by atoms with Crippen molar-refractivity contribution in [3.63, 3.8) is 0 Å². The second-order valence-corrected chi connectivity index (χ2v) is 4.40. The molecule has 0 spiro atoms. The number of carbonyl (C=O) groups excluding carboxylic acids is 1. The summed E-state index contributed by atoms with van der Waals surface area (Å²) in [7, 11) is 0. The Balaban J connectivity index is 1.95. The maximum Gasteiger partial charge on any atom is 0.164 e. The highest BCUT2D eigenvalue weighted by Crippen LogP contribution is 2.21. The Morgan fingerprint density at radius 2 is 2.00 bits per heavy atom. The third-order valence-electron chi connectivity index (χ3n) is 3.26. The van der Waals surface area contributed by atoms with Crippen LogP contribution in [0.15, 0.2) is 11.6 Å². The topological polar surface area (TPSA) is 29.1 Å². The summed E-state index contributed by atoms with van der Waals surface area (Å²) in [6.07, 6.45) is 9.43. The van der Waals surface area contributed by atoms with Crippen LogP contribution < -0.4 is 5.32 Å². The molecular formula is C12H19NO. The van der Waals surface area contributed by atoms with E-state index < -0.39 is 0 Å². The third kappa shape index (κ3) is 2.24. The minimum absolute atomic E-state index is 0.292. The van der Waals surface area contributed by atoms with Gasteiger partial charge in [-0.25, -0.2) is 0 Å². The second-order valence-electron chi connectivity index (χ2n) is 4.40. The van der Waals surface area contributed by atoms with E-state index >= 15 is 0 Å². The van der Waals surface area contributed by atoms with Crippen LogP contribution in [-0.4, -0.2) is 18.9 Å². The molecule has 2 rings (SSSR count). The van der Waals surface area contributed by atoms with E-state index in [-0.39, 0.29) is 0 Å². The highest BCUT2D eigenvalue weighted by molar-refractivity contribution is 5.97. The fraction of sp³-hybridized carbons (Fsp3) is 0.750. The van der Waals surface area contributed by atoms with E-state index in [1.165, 1.54) is 25.7 Å². The highest BCUT2D eigenvalue weighted by Gasteiger charge is 2.26. The minimum Gasteiger partial charge on any atom is -0.315 e. The second kappa shape index (κ2) is 4.74. The quantitative estimate of drug-likeness (QED) is 0.727. The summed E-state index contributed by atoms with van der Waals surface area (Å²) in [6.45, 7) is 1.80. The minimum atomic E-state index is 0.292. The number of nitrogens with one attached hydrogen (secondary N) is 1. The first kappa shape index (κ1) is 9.91. The Bertz CT molecular complexity index is 241. The molecule has 2 heteroatoms. The Morgan fingerprint density at radius 3 is 2.71 bits per heavy atom. The van der Waals surface area contributed by atoms with E-state index in [2.05, 4.69) is 11.4 Å². The van der Waals surface area contributed by atoms with Gasteiger partial charge in [-0.3, -0.25) is 4.79 Å². The Morgan fingerprint density at radius 1 is 1.21 bits per heavy atom. The van der Waals surface area contributed by atoms with Crippen molar-refractivity contribution >= 4 is 5.78 Å². The lowest BCUT2D eigenvalue weighted by molar-refractivity contribution is -0.120. The van der Waals surface area contributed by atoms with Crippen LogP contribution in [0.4, 0.5) is 0 Å². The number of Topliss-reactive ketones (excluding diaryl/α,β-unsaturated/α-hetero) is 1. The SMILES string of the molecule is O=C(C1=CCCCCCC1)C1CNC1.